The van der Waals surface area contributed by atoms with E-state index in [-0.39, 0.29) is 18.4 Å². The quantitative estimate of drug-likeness (QED) is 0.896. The number of hydrogen-bond acceptors (Lipinski definition) is 4. The van der Waals surface area contributed by atoms with E-state index in [1.165, 1.54) is 12.8 Å². The molecule has 18 heavy (non-hydrogen) atoms. The van der Waals surface area contributed by atoms with Crippen LogP contribution in [0.5, 0.6) is 17.2 Å². The normalized spacial score (nSPS) is 15.6. The summed E-state index contributed by atoms with van der Waals surface area (Å²) < 4.78 is 16.0. The summed E-state index contributed by atoms with van der Waals surface area (Å²) in [4.78, 5) is 0. The van der Waals surface area contributed by atoms with Gasteiger partial charge in [-0.3, -0.25) is 0 Å². The summed E-state index contributed by atoms with van der Waals surface area (Å²) in [5, 5.41) is 0. The number of methoxy groups -OCH3 is 3. The summed E-state index contributed by atoms with van der Waals surface area (Å²) in [6, 6.07) is 3.85. The highest BCUT2D eigenvalue weighted by Crippen LogP contribution is 2.47. The largest absolute Gasteiger partial charge is 0.493 e. The molecule has 4 nitrogen and oxygen atoms in total. The third-order valence-electron chi connectivity index (χ3n) is 3.22. The van der Waals surface area contributed by atoms with Gasteiger partial charge in [0.2, 0.25) is 5.75 Å². The molecule has 1 aromatic rings. The van der Waals surface area contributed by atoms with E-state index >= 15 is 0 Å². The average Bonchev–Trinajstić information content (AvgIpc) is 3.20. The first kappa shape index (κ1) is 14.9. The van der Waals surface area contributed by atoms with Crippen LogP contribution in [-0.4, -0.2) is 21.3 Å². The minimum absolute atomic E-state index is 0. The van der Waals surface area contributed by atoms with Gasteiger partial charge >= 0.3 is 0 Å². The molecule has 1 atom stereocenters. The molecule has 1 saturated carbocycles. The lowest BCUT2D eigenvalue weighted by Gasteiger charge is -2.19. The second kappa shape index (κ2) is 6.16. The molecule has 2 N–H and O–H groups in total. The topological polar surface area (TPSA) is 53.7 Å². The first-order valence-electron chi connectivity index (χ1n) is 5.77. The highest BCUT2D eigenvalue weighted by molar-refractivity contribution is 5.85. The predicted molar refractivity (Wildman–Crippen MR) is 73.0 cm³/mol. The average molecular weight is 274 g/mol. The van der Waals surface area contributed by atoms with Gasteiger partial charge in [0, 0.05) is 11.6 Å². The minimum Gasteiger partial charge on any atom is -0.493 e. The van der Waals surface area contributed by atoms with Crippen LogP contribution in [0.4, 0.5) is 0 Å². The van der Waals surface area contributed by atoms with Gasteiger partial charge in [-0.15, -0.1) is 12.4 Å². The number of hydrogen-bond donors (Lipinski definition) is 1. The van der Waals surface area contributed by atoms with Crippen LogP contribution in [0, 0.1) is 5.92 Å². The van der Waals surface area contributed by atoms with E-state index in [9.17, 15) is 0 Å². The second-order valence-corrected chi connectivity index (χ2v) is 4.29. The summed E-state index contributed by atoms with van der Waals surface area (Å²) in [7, 11) is 4.84. The zero-order valence-electron chi connectivity index (χ0n) is 10.9. The first-order valence-corrected chi connectivity index (χ1v) is 5.77. The van der Waals surface area contributed by atoms with Crippen molar-refractivity contribution in [1.82, 2.24) is 0 Å². The maximum absolute atomic E-state index is 6.22. The maximum atomic E-state index is 6.22. The molecular formula is C13H20ClNO3. The molecule has 0 radical (unpaired) electrons. The zero-order chi connectivity index (χ0) is 12.4. The molecule has 0 amide bonds. The van der Waals surface area contributed by atoms with Gasteiger partial charge in [0.1, 0.15) is 0 Å². The molecule has 0 spiro atoms. The molecular weight excluding hydrogens is 254 g/mol. The van der Waals surface area contributed by atoms with Gasteiger partial charge in [-0.2, -0.15) is 0 Å². The van der Waals surface area contributed by atoms with Crippen molar-refractivity contribution in [3.63, 3.8) is 0 Å². The molecule has 0 aromatic heterocycles. The van der Waals surface area contributed by atoms with E-state index in [0.717, 1.165) is 5.56 Å². The first-order chi connectivity index (χ1) is 8.22. The maximum Gasteiger partial charge on any atom is 0.203 e. The van der Waals surface area contributed by atoms with Crippen LogP contribution in [-0.2, 0) is 0 Å². The van der Waals surface area contributed by atoms with Crippen molar-refractivity contribution >= 4 is 12.4 Å². The van der Waals surface area contributed by atoms with E-state index in [4.69, 9.17) is 19.9 Å². The molecule has 1 fully saturated rings. The fourth-order valence-electron chi connectivity index (χ4n) is 2.10. The Kier molecular flexibility index (Phi) is 5.11. The fourth-order valence-corrected chi connectivity index (χ4v) is 2.10. The molecule has 0 bridgehead atoms. The van der Waals surface area contributed by atoms with Gasteiger partial charge in [0.05, 0.1) is 21.3 Å². The monoisotopic (exact) mass is 273 g/mol. The lowest BCUT2D eigenvalue weighted by atomic mass is 10.0. The Morgan fingerprint density at radius 2 is 1.67 bits per heavy atom. The van der Waals surface area contributed by atoms with Crippen molar-refractivity contribution in [3.05, 3.63) is 17.7 Å². The molecule has 2 rings (SSSR count). The number of benzene rings is 1. The second-order valence-electron chi connectivity index (χ2n) is 4.29. The molecule has 102 valence electrons. The van der Waals surface area contributed by atoms with Crippen LogP contribution in [0.2, 0.25) is 0 Å². The van der Waals surface area contributed by atoms with E-state index in [0.29, 0.717) is 23.2 Å². The van der Waals surface area contributed by atoms with E-state index < -0.39 is 0 Å². The van der Waals surface area contributed by atoms with Crippen molar-refractivity contribution in [2.24, 2.45) is 11.7 Å². The van der Waals surface area contributed by atoms with Gasteiger partial charge in [0.25, 0.3) is 0 Å². The lowest BCUT2D eigenvalue weighted by Crippen LogP contribution is -2.14. The van der Waals surface area contributed by atoms with Crippen molar-refractivity contribution in [1.29, 1.82) is 0 Å². The minimum atomic E-state index is 0. The predicted octanol–water partition coefficient (Wildman–Crippen LogP) is 2.54. The fraction of sp³-hybridized carbons (Fsp3) is 0.538. The zero-order valence-corrected chi connectivity index (χ0v) is 11.8. The highest BCUT2D eigenvalue weighted by Gasteiger charge is 2.32. The number of nitrogens with two attached hydrogens (primary N) is 1. The highest BCUT2D eigenvalue weighted by atomic mass is 35.5. The van der Waals surface area contributed by atoms with Crippen LogP contribution < -0.4 is 19.9 Å². The SMILES string of the molecule is COc1ccc([C@H](N)C2CC2)c(OC)c1OC.Cl. The number of halogens is 1. The van der Waals surface area contributed by atoms with Crippen LogP contribution >= 0.6 is 12.4 Å². The Labute approximate surface area is 114 Å². The number of rotatable bonds is 5. The molecule has 1 aliphatic rings. The molecule has 1 aromatic carbocycles. The van der Waals surface area contributed by atoms with Crippen LogP contribution in [0.1, 0.15) is 24.4 Å². The van der Waals surface area contributed by atoms with Crippen LogP contribution in [0.25, 0.3) is 0 Å². The molecule has 0 saturated heterocycles. The third-order valence-corrected chi connectivity index (χ3v) is 3.22. The van der Waals surface area contributed by atoms with Crippen LogP contribution in [0.3, 0.4) is 0 Å². The Balaban J connectivity index is 0.00000162. The smallest absolute Gasteiger partial charge is 0.203 e. The Hall–Kier alpha value is -1.13. The van der Waals surface area contributed by atoms with E-state index in [1.54, 1.807) is 21.3 Å². The van der Waals surface area contributed by atoms with Crippen molar-refractivity contribution < 1.29 is 14.2 Å². The standard InChI is InChI=1S/C13H19NO3.ClH/c1-15-10-7-6-9(11(14)8-4-5-8)12(16-2)13(10)17-3;/h6-8,11H,4-5,14H2,1-3H3;1H/t11-;/m1./s1. The Morgan fingerprint density at radius 3 is 2.11 bits per heavy atom. The summed E-state index contributed by atoms with van der Waals surface area (Å²) in [5.74, 6) is 2.54. The van der Waals surface area contributed by atoms with Gasteiger partial charge < -0.3 is 19.9 Å². The summed E-state index contributed by atoms with van der Waals surface area (Å²) in [5.41, 5.74) is 7.21. The Morgan fingerprint density at radius 1 is 1.06 bits per heavy atom. The van der Waals surface area contributed by atoms with Gasteiger partial charge in [-0.1, -0.05) is 0 Å². The van der Waals surface area contributed by atoms with Crippen molar-refractivity contribution in [2.45, 2.75) is 18.9 Å². The van der Waals surface area contributed by atoms with Gasteiger partial charge in [-0.05, 0) is 30.9 Å². The van der Waals surface area contributed by atoms with Crippen molar-refractivity contribution in [2.75, 3.05) is 21.3 Å². The molecule has 1 aliphatic carbocycles. The van der Waals surface area contributed by atoms with E-state index in [1.807, 2.05) is 12.1 Å². The molecule has 5 heteroatoms. The molecule has 0 heterocycles. The molecule has 0 aliphatic heterocycles. The van der Waals surface area contributed by atoms with Gasteiger partial charge in [0.15, 0.2) is 11.5 Å². The summed E-state index contributed by atoms with van der Waals surface area (Å²) >= 11 is 0. The van der Waals surface area contributed by atoms with Gasteiger partial charge in [-0.25, -0.2) is 0 Å². The van der Waals surface area contributed by atoms with E-state index in [2.05, 4.69) is 0 Å². The molecule has 0 unspecified atom stereocenters. The summed E-state index contributed by atoms with van der Waals surface area (Å²) in [6.45, 7) is 0. The summed E-state index contributed by atoms with van der Waals surface area (Å²) in [6.07, 6.45) is 2.39. The number of ether oxygens (including phenoxy) is 3. The Bertz CT molecular complexity index is 407. The lowest BCUT2D eigenvalue weighted by molar-refractivity contribution is 0.320. The van der Waals surface area contributed by atoms with Crippen molar-refractivity contribution in [3.8, 4) is 17.2 Å². The van der Waals surface area contributed by atoms with Crippen LogP contribution in [0.15, 0.2) is 12.1 Å². The third kappa shape index (κ3) is 2.65.